The Hall–Kier alpha value is -1.72. The smallest absolute Gasteiger partial charge is 0.303 e. The van der Waals surface area contributed by atoms with Crippen molar-refractivity contribution in [2.24, 2.45) is 0 Å². The number of allylic oxidation sites excluding steroid dienone is 1. The standard InChI is InChI=1S/C8H12N4O2/c1-6(2)5-12-7(9-10-11-12)3-4-8(13)14/h1,3-5H2,2H3,(H,13,14). The summed E-state index contributed by atoms with van der Waals surface area (Å²) in [5.74, 6) is -0.273. The summed E-state index contributed by atoms with van der Waals surface area (Å²) in [6.45, 7) is 6.13. The molecule has 14 heavy (non-hydrogen) atoms. The molecule has 1 N–H and O–H groups in total. The van der Waals surface area contributed by atoms with Gasteiger partial charge in [0.05, 0.1) is 13.0 Å². The summed E-state index contributed by atoms with van der Waals surface area (Å²) in [5.41, 5.74) is 0.925. The molecule has 0 fully saturated rings. The third-order valence-electron chi connectivity index (χ3n) is 1.59. The maximum Gasteiger partial charge on any atom is 0.303 e. The van der Waals surface area contributed by atoms with Crippen LogP contribution in [0.15, 0.2) is 12.2 Å². The minimum absolute atomic E-state index is 0.0383. The van der Waals surface area contributed by atoms with Crippen LogP contribution in [0.2, 0.25) is 0 Å². The van der Waals surface area contributed by atoms with E-state index >= 15 is 0 Å². The molecule has 0 aromatic carbocycles. The van der Waals surface area contributed by atoms with E-state index in [-0.39, 0.29) is 6.42 Å². The van der Waals surface area contributed by atoms with E-state index in [0.29, 0.717) is 18.8 Å². The molecule has 0 aliphatic rings. The zero-order valence-electron chi connectivity index (χ0n) is 7.97. The number of aryl methyl sites for hydroxylation is 1. The molecular formula is C8H12N4O2. The molecule has 0 aliphatic heterocycles. The largest absolute Gasteiger partial charge is 0.481 e. The highest BCUT2D eigenvalue weighted by atomic mass is 16.4. The number of rotatable bonds is 5. The molecule has 0 amide bonds. The summed E-state index contributed by atoms with van der Waals surface area (Å²) in [4.78, 5) is 10.3. The van der Waals surface area contributed by atoms with Gasteiger partial charge < -0.3 is 5.11 Å². The lowest BCUT2D eigenvalue weighted by Crippen LogP contribution is -2.08. The first-order valence-electron chi connectivity index (χ1n) is 4.21. The second kappa shape index (κ2) is 4.50. The van der Waals surface area contributed by atoms with E-state index in [1.165, 1.54) is 0 Å². The predicted octanol–water partition coefficient (Wildman–Crippen LogP) is 0.266. The summed E-state index contributed by atoms with van der Waals surface area (Å²) in [6.07, 6.45) is 0.381. The van der Waals surface area contributed by atoms with E-state index < -0.39 is 5.97 Å². The average Bonchev–Trinajstić information content (AvgIpc) is 2.47. The van der Waals surface area contributed by atoms with Gasteiger partial charge in [0.15, 0.2) is 5.82 Å². The Kier molecular flexibility index (Phi) is 3.33. The third kappa shape index (κ3) is 2.96. The number of aromatic nitrogens is 4. The fraction of sp³-hybridized carbons (Fsp3) is 0.500. The van der Waals surface area contributed by atoms with E-state index in [1.54, 1.807) is 4.68 Å². The van der Waals surface area contributed by atoms with Gasteiger partial charge in [0.25, 0.3) is 0 Å². The number of hydrogen-bond acceptors (Lipinski definition) is 4. The van der Waals surface area contributed by atoms with Crippen LogP contribution in [0.4, 0.5) is 0 Å². The Morgan fingerprint density at radius 1 is 1.64 bits per heavy atom. The fourth-order valence-electron chi connectivity index (χ4n) is 0.999. The molecule has 1 rings (SSSR count). The molecular weight excluding hydrogens is 184 g/mol. The number of tetrazole rings is 1. The van der Waals surface area contributed by atoms with Crippen molar-refractivity contribution in [3.8, 4) is 0 Å². The van der Waals surface area contributed by atoms with Crippen molar-refractivity contribution in [2.45, 2.75) is 26.3 Å². The topological polar surface area (TPSA) is 80.9 Å². The molecule has 0 saturated heterocycles. The molecule has 76 valence electrons. The molecule has 0 unspecified atom stereocenters. The maximum absolute atomic E-state index is 10.3. The predicted molar refractivity (Wildman–Crippen MR) is 48.6 cm³/mol. The van der Waals surface area contributed by atoms with Crippen LogP contribution in [0, 0.1) is 0 Å². The highest BCUT2D eigenvalue weighted by molar-refractivity contribution is 5.66. The normalized spacial score (nSPS) is 10.1. The van der Waals surface area contributed by atoms with Gasteiger partial charge >= 0.3 is 5.97 Å². The van der Waals surface area contributed by atoms with E-state index in [9.17, 15) is 4.79 Å². The summed E-state index contributed by atoms with van der Waals surface area (Å²) in [7, 11) is 0. The van der Waals surface area contributed by atoms with Gasteiger partial charge in [0.2, 0.25) is 0 Å². The van der Waals surface area contributed by atoms with Gasteiger partial charge in [-0.25, -0.2) is 4.68 Å². The quantitative estimate of drug-likeness (QED) is 0.683. The zero-order chi connectivity index (χ0) is 10.6. The average molecular weight is 196 g/mol. The van der Waals surface area contributed by atoms with Crippen molar-refractivity contribution in [1.29, 1.82) is 0 Å². The molecule has 0 atom stereocenters. The van der Waals surface area contributed by atoms with Crippen molar-refractivity contribution >= 4 is 5.97 Å². The molecule has 0 saturated carbocycles. The first-order valence-corrected chi connectivity index (χ1v) is 4.21. The summed E-state index contributed by atoms with van der Waals surface area (Å²) >= 11 is 0. The van der Waals surface area contributed by atoms with Crippen LogP contribution in [-0.4, -0.2) is 31.3 Å². The second-order valence-electron chi connectivity index (χ2n) is 3.10. The highest BCUT2D eigenvalue weighted by Crippen LogP contribution is 2.00. The number of carboxylic acids is 1. The SMILES string of the molecule is C=C(C)Cn1nnnc1CCC(=O)O. The Balaban J connectivity index is 2.62. The third-order valence-corrected chi connectivity index (χ3v) is 1.59. The Bertz CT molecular complexity index is 345. The van der Waals surface area contributed by atoms with Crippen LogP contribution >= 0.6 is 0 Å². The van der Waals surface area contributed by atoms with Gasteiger partial charge in [0, 0.05) is 6.42 Å². The van der Waals surface area contributed by atoms with Crippen molar-refractivity contribution in [2.75, 3.05) is 0 Å². The van der Waals surface area contributed by atoms with Gasteiger partial charge in [0.1, 0.15) is 0 Å². The molecule has 1 aromatic rings. The van der Waals surface area contributed by atoms with E-state index in [4.69, 9.17) is 5.11 Å². The molecule has 0 bridgehead atoms. The minimum Gasteiger partial charge on any atom is -0.481 e. The number of nitrogens with zero attached hydrogens (tertiary/aromatic N) is 4. The molecule has 0 spiro atoms. The van der Waals surface area contributed by atoms with Gasteiger partial charge in [-0.2, -0.15) is 0 Å². The number of carboxylic acid groups (broad SMARTS) is 1. The summed E-state index contributed by atoms with van der Waals surface area (Å²) in [6, 6.07) is 0. The first kappa shape index (κ1) is 10.4. The fourth-order valence-corrected chi connectivity index (χ4v) is 0.999. The van der Waals surface area contributed by atoms with Crippen LogP contribution in [0.3, 0.4) is 0 Å². The van der Waals surface area contributed by atoms with Gasteiger partial charge in [-0.05, 0) is 17.4 Å². The van der Waals surface area contributed by atoms with Crippen LogP contribution in [-0.2, 0) is 17.8 Å². The Morgan fingerprint density at radius 3 is 2.93 bits per heavy atom. The van der Waals surface area contributed by atoms with Gasteiger partial charge in [-0.3, -0.25) is 4.79 Å². The van der Waals surface area contributed by atoms with Crippen molar-refractivity contribution in [1.82, 2.24) is 20.2 Å². The van der Waals surface area contributed by atoms with E-state index in [1.807, 2.05) is 6.92 Å². The summed E-state index contributed by atoms with van der Waals surface area (Å²) < 4.78 is 1.56. The maximum atomic E-state index is 10.3. The molecule has 6 heteroatoms. The van der Waals surface area contributed by atoms with Crippen LogP contribution in [0.25, 0.3) is 0 Å². The monoisotopic (exact) mass is 196 g/mol. The Morgan fingerprint density at radius 2 is 2.36 bits per heavy atom. The zero-order valence-corrected chi connectivity index (χ0v) is 7.97. The van der Waals surface area contributed by atoms with E-state index in [0.717, 1.165) is 5.57 Å². The van der Waals surface area contributed by atoms with Crippen LogP contribution < -0.4 is 0 Å². The molecule has 1 heterocycles. The molecule has 0 radical (unpaired) electrons. The van der Waals surface area contributed by atoms with E-state index in [2.05, 4.69) is 22.1 Å². The highest BCUT2D eigenvalue weighted by Gasteiger charge is 2.07. The van der Waals surface area contributed by atoms with Gasteiger partial charge in [-0.15, -0.1) is 5.10 Å². The van der Waals surface area contributed by atoms with Crippen molar-refractivity contribution in [3.63, 3.8) is 0 Å². The lowest BCUT2D eigenvalue weighted by molar-refractivity contribution is -0.137. The van der Waals surface area contributed by atoms with Crippen LogP contribution in [0.5, 0.6) is 0 Å². The second-order valence-corrected chi connectivity index (χ2v) is 3.10. The number of hydrogen-bond donors (Lipinski definition) is 1. The summed E-state index contributed by atoms with van der Waals surface area (Å²) in [5, 5.41) is 19.4. The molecule has 1 aromatic heterocycles. The number of aliphatic carboxylic acids is 1. The lowest BCUT2D eigenvalue weighted by Gasteiger charge is -2.01. The van der Waals surface area contributed by atoms with Crippen molar-refractivity contribution in [3.05, 3.63) is 18.0 Å². The molecule has 0 aliphatic carbocycles. The van der Waals surface area contributed by atoms with Gasteiger partial charge in [-0.1, -0.05) is 12.2 Å². The van der Waals surface area contributed by atoms with Crippen molar-refractivity contribution < 1.29 is 9.90 Å². The van der Waals surface area contributed by atoms with Crippen LogP contribution in [0.1, 0.15) is 19.2 Å². The first-order chi connectivity index (χ1) is 6.59. The minimum atomic E-state index is -0.852. The number of carbonyl (C=O) groups is 1. The lowest BCUT2D eigenvalue weighted by atomic mass is 10.3. The molecule has 6 nitrogen and oxygen atoms in total. The Labute approximate surface area is 81.2 Å².